The van der Waals surface area contributed by atoms with Gasteiger partial charge in [-0.05, 0) is 109 Å². The first kappa shape index (κ1) is 54.8. The van der Waals surface area contributed by atoms with Crippen molar-refractivity contribution in [1.82, 2.24) is 30.2 Å². The van der Waals surface area contributed by atoms with Crippen LogP contribution >= 0.6 is 23.2 Å². The third-order valence-corrected chi connectivity index (χ3v) is 16.3. The van der Waals surface area contributed by atoms with Crippen molar-refractivity contribution in [3.8, 4) is 0 Å². The second-order valence-corrected chi connectivity index (χ2v) is 24.9. The molecule has 10 rings (SSSR count). The second kappa shape index (κ2) is 22.2. The van der Waals surface area contributed by atoms with E-state index in [1.807, 2.05) is 60.4 Å². The minimum absolute atomic E-state index is 0.0770. The molecule has 2 fully saturated rings. The van der Waals surface area contributed by atoms with Gasteiger partial charge < -0.3 is 30.2 Å². The van der Waals surface area contributed by atoms with E-state index < -0.39 is 12.1 Å². The van der Waals surface area contributed by atoms with Crippen LogP contribution in [0.3, 0.4) is 0 Å². The van der Waals surface area contributed by atoms with E-state index in [-0.39, 0.29) is 71.2 Å². The minimum atomic E-state index is -0.683. The van der Waals surface area contributed by atoms with Crippen LogP contribution in [-0.4, -0.2) is 143 Å². The number of allylic oxidation sites excluding steroid dienone is 2. The van der Waals surface area contributed by atoms with Crippen LogP contribution in [0.25, 0.3) is 0 Å². The number of hydrogen-bond acceptors (Lipinski definition) is 10. The van der Waals surface area contributed by atoms with Gasteiger partial charge in [0.1, 0.15) is 25.2 Å². The minimum Gasteiger partial charge on any atom is -0.336 e. The summed E-state index contributed by atoms with van der Waals surface area (Å²) in [4.78, 5) is 104. The Kier molecular flexibility index (Phi) is 16.0. The monoisotopic (exact) mass is 1070 g/mol. The average molecular weight is 1080 g/mol. The summed E-state index contributed by atoms with van der Waals surface area (Å²) in [5.41, 5.74) is 11.4. The van der Waals surface area contributed by atoms with Gasteiger partial charge in [0.15, 0.2) is 11.6 Å². The van der Waals surface area contributed by atoms with Gasteiger partial charge in [-0.2, -0.15) is 0 Å². The molecule has 16 nitrogen and oxygen atoms in total. The van der Waals surface area contributed by atoms with Crippen LogP contribution in [0.5, 0.6) is 0 Å². The van der Waals surface area contributed by atoms with E-state index in [0.717, 1.165) is 92.8 Å². The van der Waals surface area contributed by atoms with E-state index in [1.165, 1.54) is 0 Å². The first-order valence-corrected chi connectivity index (χ1v) is 27.6. The lowest BCUT2D eigenvalue weighted by Gasteiger charge is -2.35. The van der Waals surface area contributed by atoms with Gasteiger partial charge in [0.25, 0.3) is 0 Å². The molecule has 76 heavy (non-hydrogen) atoms. The Labute approximate surface area is 456 Å². The molecule has 6 amide bonds. The van der Waals surface area contributed by atoms with Gasteiger partial charge in [-0.1, -0.05) is 64.7 Å². The van der Waals surface area contributed by atoms with E-state index in [0.29, 0.717) is 88.3 Å². The Morgan fingerprint density at radius 1 is 0.579 bits per heavy atom. The zero-order valence-electron chi connectivity index (χ0n) is 45.3. The molecular weight excluding hydrogens is 1000 g/mol. The number of ketones is 2. The van der Waals surface area contributed by atoms with Crippen LogP contribution in [0.15, 0.2) is 55.4 Å². The number of rotatable bonds is 6. The molecule has 404 valence electrons. The first-order chi connectivity index (χ1) is 36.0. The number of nitrogens with zero attached hydrogens (tertiary/aromatic N) is 8. The van der Waals surface area contributed by atoms with Gasteiger partial charge in [-0.15, -0.1) is 0 Å². The van der Waals surface area contributed by atoms with Gasteiger partial charge >= 0.3 is 12.1 Å². The number of dihydropyridines is 2. The summed E-state index contributed by atoms with van der Waals surface area (Å²) in [5, 5.41) is 7.42. The van der Waals surface area contributed by atoms with E-state index in [4.69, 9.17) is 23.2 Å². The number of aliphatic imine (C=N–C) groups is 4. The van der Waals surface area contributed by atoms with Crippen molar-refractivity contribution in [2.45, 2.75) is 132 Å². The fraction of sp³-hybridized carbons (Fsp3) is 0.552. The molecule has 0 spiro atoms. The molecule has 2 saturated heterocycles. The molecule has 0 saturated carbocycles. The predicted octanol–water partition coefficient (Wildman–Crippen LogP) is 7.93. The zero-order chi connectivity index (χ0) is 54.4. The number of piperidine rings is 2. The van der Waals surface area contributed by atoms with Crippen molar-refractivity contribution >= 4 is 82.5 Å². The van der Waals surface area contributed by atoms with Crippen LogP contribution in [0.2, 0.25) is 10.0 Å². The summed E-state index contributed by atoms with van der Waals surface area (Å²) in [6.45, 7) is 22.3. The van der Waals surface area contributed by atoms with Crippen LogP contribution in [0.4, 0.5) is 9.59 Å². The standard InChI is InChI=1S/2C29H36ClN5O3/c2*1-17-9-20(26(36)14-32-17)18-5-7-34(8-6-18)28(38)33-25-11-19-10-24(30)22-13-31-12-21(22)23(19)15-35(27(25)37)16-29(2,3)4/h2*9-10,12,18,25H,5-8,11,13-16H2,1-4H3,(H,33,38)/t2*25-/m10/s1. The van der Waals surface area contributed by atoms with Gasteiger partial charge in [0.2, 0.25) is 11.8 Å². The Bertz CT molecular complexity index is 2730. The number of likely N-dealkylation sites (tertiary alicyclic amines) is 2. The second-order valence-electron chi connectivity index (χ2n) is 24.1. The molecule has 8 aliphatic rings. The highest BCUT2D eigenvalue weighted by atomic mass is 35.5. The summed E-state index contributed by atoms with van der Waals surface area (Å²) in [7, 11) is 0. The molecule has 0 radical (unpaired) electrons. The highest BCUT2D eigenvalue weighted by Crippen LogP contribution is 2.37. The highest BCUT2D eigenvalue weighted by molar-refractivity contribution is 6.32. The number of carbonyl (C=O) groups is 6. The molecule has 18 heteroatoms. The lowest BCUT2D eigenvalue weighted by atomic mass is 9.85. The summed E-state index contributed by atoms with van der Waals surface area (Å²) in [5.74, 6) is 0.276. The number of fused-ring (bicyclic) bond motifs is 6. The number of hydrogen-bond donors (Lipinski definition) is 2. The Balaban J connectivity index is 0.000000186. The molecule has 0 bridgehead atoms. The number of Topliss-reactive ketones (excluding diaryl/α,β-unsaturated/α-hetero) is 2. The smallest absolute Gasteiger partial charge is 0.318 e. The fourth-order valence-electron chi connectivity index (χ4n) is 11.9. The molecule has 0 aromatic heterocycles. The van der Waals surface area contributed by atoms with Crippen molar-refractivity contribution in [3.05, 3.63) is 90.0 Å². The Morgan fingerprint density at radius 2 is 0.947 bits per heavy atom. The van der Waals surface area contributed by atoms with Crippen LogP contribution in [0.1, 0.15) is 126 Å². The number of nitrogens with one attached hydrogen (secondary N) is 2. The number of amides is 6. The SMILES string of the molecule is CC1=NCC(=O)C(C2CCN(C(=O)N[C@@H]3Cc4cc(Cl)c5c(c4CN(CC(C)(C)C)C3=O)C=NC5)CC2)=C1.CC1=NCC(=O)C(C2CCN(C(=O)N[C@H]3Cc4cc(Cl)c5c(c4CN(CC(C)(C)C)C3=O)C=NC5)CC2)=C1. The predicted molar refractivity (Wildman–Crippen MR) is 298 cm³/mol. The molecule has 0 aliphatic carbocycles. The highest BCUT2D eigenvalue weighted by Gasteiger charge is 2.39. The molecule has 8 aliphatic heterocycles. The molecule has 2 aromatic carbocycles. The molecule has 2 aromatic rings. The largest absolute Gasteiger partial charge is 0.336 e. The van der Waals surface area contributed by atoms with Crippen molar-refractivity contribution in [2.24, 2.45) is 42.6 Å². The van der Waals surface area contributed by atoms with Gasteiger partial charge in [-0.3, -0.25) is 39.1 Å². The van der Waals surface area contributed by atoms with E-state index >= 15 is 0 Å². The summed E-state index contributed by atoms with van der Waals surface area (Å²) in [6, 6.07) is 2.05. The molecule has 0 unspecified atom stereocenters. The summed E-state index contributed by atoms with van der Waals surface area (Å²) in [6.07, 6.45) is 11.2. The van der Waals surface area contributed by atoms with Gasteiger partial charge in [-0.25, -0.2) is 9.59 Å². The third kappa shape index (κ3) is 12.2. The number of halogens is 2. The molecule has 8 heterocycles. The zero-order valence-corrected chi connectivity index (χ0v) is 46.8. The quantitative estimate of drug-likeness (QED) is 0.296. The lowest BCUT2D eigenvalue weighted by Crippen LogP contribution is -2.54. The number of carbonyl (C=O) groups excluding carboxylic acids is 6. The number of benzene rings is 2. The summed E-state index contributed by atoms with van der Waals surface area (Å²) < 4.78 is 0. The van der Waals surface area contributed by atoms with E-state index in [1.54, 1.807) is 9.80 Å². The van der Waals surface area contributed by atoms with Crippen molar-refractivity contribution in [1.29, 1.82) is 0 Å². The Morgan fingerprint density at radius 3 is 1.30 bits per heavy atom. The Hall–Kier alpha value is -6.00. The maximum atomic E-state index is 13.8. The first-order valence-electron chi connectivity index (χ1n) is 26.9. The maximum absolute atomic E-state index is 13.8. The summed E-state index contributed by atoms with van der Waals surface area (Å²) >= 11 is 13.2. The van der Waals surface area contributed by atoms with Gasteiger partial charge in [0.05, 0.1) is 13.1 Å². The molecule has 2 atom stereocenters. The van der Waals surface area contributed by atoms with Crippen LogP contribution < -0.4 is 10.6 Å². The fourth-order valence-corrected chi connectivity index (χ4v) is 12.5. The topological polar surface area (TPSA) is 189 Å². The van der Waals surface area contributed by atoms with Gasteiger partial charge in [0, 0.05) is 132 Å². The van der Waals surface area contributed by atoms with E-state index in [9.17, 15) is 28.8 Å². The van der Waals surface area contributed by atoms with E-state index in [2.05, 4.69) is 72.1 Å². The van der Waals surface area contributed by atoms with Crippen LogP contribution in [0, 0.1) is 22.7 Å². The van der Waals surface area contributed by atoms with Crippen molar-refractivity contribution in [3.63, 3.8) is 0 Å². The van der Waals surface area contributed by atoms with Crippen molar-refractivity contribution < 1.29 is 28.8 Å². The maximum Gasteiger partial charge on any atom is 0.318 e. The number of urea groups is 2. The van der Waals surface area contributed by atoms with Crippen LogP contribution in [-0.2, 0) is 58.2 Å². The third-order valence-electron chi connectivity index (χ3n) is 15.6. The molecule has 2 N–H and O–H groups in total. The molecular formula is C58H72Cl2N10O6. The normalized spacial score (nSPS) is 22.1. The average Bonchev–Trinajstić information content (AvgIpc) is 4.05. The lowest BCUT2D eigenvalue weighted by molar-refractivity contribution is -0.135. The van der Waals surface area contributed by atoms with Crippen molar-refractivity contribution in [2.75, 3.05) is 52.4 Å².